The maximum absolute atomic E-state index is 15.1. The van der Waals surface area contributed by atoms with Gasteiger partial charge in [0.25, 0.3) is 0 Å². The van der Waals surface area contributed by atoms with Gasteiger partial charge in [-0.05, 0) is 25.1 Å². The molecule has 10 nitrogen and oxygen atoms in total. The van der Waals surface area contributed by atoms with Crippen LogP contribution in [-0.2, 0) is 15.9 Å². The minimum absolute atomic E-state index is 0.0235. The van der Waals surface area contributed by atoms with Crippen LogP contribution in [0.5, 0.6) is 11.5 Å². The molecule has 152 valence electrons. The molecule has 0 amide bonds. The SMILES string of the molecule is Cc1c(Oc2ccn3ncnc3c2)ccc(Nc2ncnc3cnc([S+]=O)nc23)c1F. The number of fused-ring (bicyclic) bond motifs is 2. The van der Waals surface area contributed by atoms with Crippen LogP contribution < -0.4 is 10.1 Å². The average molecular weight is 435 g/mol. The lowest BCUT2D eigenvalue weighted by molar-refractivity contribution is 0.471. The number of hydrogen-bond donors (Lipinski definition) is 1. The van der Waals surface area contributed by atoms with Crippen molar-refractivity contribution in [1.29, 1.82) is 0 Å². The highest BCUT2D eigenvalue weighted by atomic mass is 32.1. The van der Waals surface area contributed by atoms with Crippen LogP contribution in [0.25, 0.3) is 16.7 Å². The second kappa shape index (κ2) is 7.57. The first kappa shape index (κ1) is 18.8. The summed E-state index contributed by atoms with van der Waals surface area (Å²) in [4.78, 5) is 20.3. The number of hydrogen-bond acceptors (Lipinski definition) is 9. The van der Waals surface area contributed by atoms with Gasteiger partial charge >= 0.3 is 16.8 Å². The van der Waals surface area contributed by atoms with E-state index in [1.165, 1.54) is 24.9 Å². The maximum atomic E-state index is 15.1. The third-order valence-electron chi connectivity index (χ3n) is 4.50. The second-order valence-corrected chi connectivity index (χ2v) is 6.93. The molecule has 0 bridgehead atoms. The molecule has 0 atom stereocenters. The van der Waals surface area contributed by atoms with E-state index < -0.39 is 5.82 Å². The summed E-state index contributed by atoms with van der Waals surface area (Å²) >= 11 is 0.152. The quantitative estimate of drug-likeness (QED) is 0.328. The van der Waals surface area contributed by atoms with Gasteiger partial charge in [0.15, 0.2) is 17.3 Å². The van der Waals surface area contributed by atoms with Gasteiger partial charge in [-0.25, -0.2) is 23.9 Å². The summed E-state index contributed by atoms with van der Waals surface area (Å²) in [5, 5.41) is 6.96. The lowest BCUT2D eigenvalue weighted by atomic mass is 10.1. The predicted octanol–water partition coefficient (Wildman–Crippen LogP) is 3.23. The Balaban J connectivity index is 1.47. The van der Waals surface area contributed by atoms with Gasteiger partial charge in [-0.1, -0.05) is 0 Å². The van der Waals surface area contributed by atoms with Crippen molar-refractivity contribution in [3.63, 3.8) is 0 Å². The second-order valence-electron chi connectivity index (χ2n) is 6.39. The number of halogens is 1. The zero-order valence-corrected chi connectivity index (χ0v) is 16.7. The zero-order valence-electron chi connectivity index (χ0n) is 15.9. The Hall–Kier alpha value is -4.19. The van der Waals surface area contributed by atoms with Crippen LogP contribution in [0.1, 0.15) is 5.56 Å². The Labute approximate surface area is 177 Å². The first-order valence-electron chi connectivity index (χ1n) is 8.93. The fourth-order valence-corrected chi connectivity index (χ4v) is 3.18. The van der Waals surface area contributed by atoms with Gasteiger partial charge in [-0.3, -0.25) is 0 Å². The average Bonchev–Trinajstić information content (AvgIpc) is 3.26. The molecule has 0 aliphatic carbocycles. The minimum atomic E-state index is -0.514. The van der Waals surface area contributed by atoms with E-state index in [2.05, 4.69) is 35.3 Å². The van der Waals surface area contributed by atoms with E-state index in [9.17, 15) is 4.21 Å². The van der Waals surface area contributed by atoms with Crippen molar-refractivity contribution in [3.05, 3.63) is 60.7 Å². The van der Waals surface area contributed by atoms with Crippen LogP contribution in [0.2, 0.25) is 0 Å². The molecule has 4 heterocycles. The number of nitrogens with one attached hydrogen (secondary N) is 1. The lowest BCUT2D eigenvalue weighted by Crippen LogP contribution is -2.02. The van der Waals surface area contributed by atoms with Crippen LogP contribution >= 0.6 is 0 Å². The van der Waals surface area contributed by atoms with E-state index in [-0.39, 0.29) is 28.3 Å². The molecule has 5 rings (SSSR count). The fraction of sp³-hybridized carbons (Fsp3) is 0.0526. The Morgan fingerprint density at radius 2 is 2.03 bits per heavy atom. The molecule has 5 aromatic rings. The molecule has 0 saturated carbocycles. The van der Waals surface area contributed by atoms with E-state index in [1.54, 1.807) is 35.8 Å². The molecular weight excluding hydrogens is 423 g/mol. The molecule has 0 fully saturated rings. The predicted molar refractivity (Wildman–Crippen MR) is 109 cm³/mol. The van der Waals surface area contributed by atoms with Gasteiger partial charge in [0.05, 0.1) is 11.9 Å². The number of benzene rings is 1. The molecule has 0 aliphatic rings. The first-order chi connectivity index (χ1) is 15.1. The number of aromatic nitrogens is 7. The van der Waals surface area contributed by atoms with E-state index in [4.69, 9.17) is 4.74 Å². The van der Waals surface area contributed by atoms with Gasteiger partial charge in [-0.2, -0.15) is 15.1 Å². The van der Waals surface area contributed by atoms with E-state index in [0.29, 0.717) is 33.7 Å². The van der Waals surface area contributed by atoms with Crippen LogP contribution in [-0.4, -0.2) is 34.5 Å². The van der Waals surface area contributed by atoms with E-state index in [0.717, 1.165) is 0 Å². The Kier molecular flexibility index (Phi) is 4.59. The van der Waals surface area contributed by atoms with Crippen LogP contribution in [0, 0.1) is 12.7 Å². The summed E-state index contributed by atoms with van der Waals surface area (Å²) in [6.45, 7) is 1.61. The smallest absolute Gasteiger partial charge is 0.457 e. The number of ether oxygens (including phenoxy) is 1. The molecule has 0 spiro atoms. The number of nitrogens with zero attached hydrogens (tertiary/aromatic N) is 7. The van der Waals surface area contributed by atoms with Gasteiger partial charge in [0.1, 0.15) is 35.2 Å². The molecule has 0 radical (unpaired) electrons. The highest BCUT2D eigenvalue weighted by molar-refractivity contribution is 7.65. The van der Waals surface area contributed by atoms with Crippen molar-refractivity contribution in [3.8, 4) is 11.5 Å². The van der Waals surface area contributed by atoms with Gasteiger partial charge < -0.3 is 10.1 Å². The van der Waals surface area contributed by atoms with Crippen LogP contribution in [0.15, 0.2) is 54.5 Å². The summed E-state index contributed by atoms with van der Waals surface area (Å²) in [6, 6.07) is 6.59. The maximum Gasteiger partial charge on any atom is 0.550 e. The van der Waals surface area contributed by atoms with Crippen molar-refractivity contribution in [2.24, 2.45) is 0 Å². The molecular formula is C19H12FN8O2S+. The standard InChI is InChI=1S/C19H12FN8O2S/c1-10-14(30-11-4-5-28-15(6-11)23-9-25-28)3-2-12(16(10)20)26-18-17-13(22-8-24-18)7-21-19(27-17)31-29/h2-9H,1H3,(H,22,24,26)/q+1. The summed E-state index contributed by atoms with van der Waals surface area (Å²) in [6.07, 6.45) is 5.86. The molecule has 0 unspecified atom stereocenters. The monoisotopic (exact) mass is 435 g/mol. The lowest BCUT2D eigenvalue weighted by Gasteiger charge is -2.13. The zero-order chi connectivity index (χ0) is 21.4. The molecule has 1 aromatic carbocycles. The van der Waals surface area contributed by atoms with Crippen LogP contribution in [0.3, 0.4) is 0 Å². The Morgan fingerprint density at radius 1 is 1.13 bits per heavy atom. The highest BCUT2D eigenvalue weighted by Gasteiger charge is 2.17. The topological polar surface area (TPSA) is 120 Å². The first-order valence-corrected chi connectivity index (χ1v) is 9.67. The fourth-order valence-electron chi connectivity index (χ4n) is 2.96. The van der Waals surface area contributed by atoms with Crippen molar-refractivity contribution >= 4 is 39.9 Å². The van der Waals surface area contributed by atoms with Gasteiger partial charge in [0.2, 0.25) is 0 Å². The minimum Gasteiger partial charge on any atom is -0.457 e. The number of rotatable bonds is 5. The molecule has 31 heavy (non-hydrogen) atoms. The summed E-state index contributed by atoms with van der Waals surface area (Å²) in [5.41, 5.74) is 1.83. The van der Waals surface area contributed by atoms with Gasteiger partial charge in [-0.15, -0.1) is 0 Å². The summed E-state index contributed by atoms with van der Waals surface area (Å²) < 4.78 is 33.6. The summed E-state index contributed by atoms with van der Waals surface area (Å²) in [5.74, 6) is 0.601. The van der Waals surface area contributed by atoms with Crippen LogP contribution in [0.4, 0.5) is 15.9 Å². The molecule has 0 saturated heterocycles. The molecule has 1 N–H and O–H groups in total. The largest absolute Gasteiger partial charge is 0.550 e. The molecule has 0 aliphatic heterocycles. The van der Waals surface area contributed by atoms with Crippen molar-refractivity contribution in [2.75, 3.05) is 5.32 Å². The number of anilines is 2. The third kappa shape index (κ3) is 3.48. The van der Waals surface area contributed by atoms with E-state index >= 15 is 4.39 Å². The van der Waals surface area contributed by atoms with Crippen molar-refractivity contribution in [1.82, 2.24) is 34.5 Å². The molecule has 4 aromatic heterocycles. The number of pyridine rings is 1. The van der Waals surface area contributed by atoms with Crippen molar-refractivity contribution in [2.45, 2.75) is 12.1 Å². The Bertz CT molecular complexity index is 1460. The summed E-state index contributed by atoms with van der Waals surface area (Å²) in [7, 11) is 0. The van der Waals surface area contributed by atoms with Gasteiger partial charge in [0, 0.05) is 22.0 Å². The van der Waals surface area contributed by atoms with Crippen molar-refractivity contribution < 1.29 is 13.3 Å². The third-order valence-corrected chi connectivity index (χ3v) is 4.85. The highest BCUT2D eigenvalue weighted by Crippen LogP contribution is 2.32. The van der Waals surface area contributed by atoms with E-state index in [1.807, 2.05) is 0 Å². The normalized spacial score (nSPS) is 11.0. The molecule has 12 heteroatoms. The Morgan fingerprint density at radius 3 is 2.90 bits per heavy atom.